The Bertz CT molecular complexity index is 616. The number of amides is 3. The summed E-state index contributed by atoms with van der Waals surface area (Å²) in [7, 11) is 0. The highest BCUT2D eigenvalue weighted by atomic mass is 16.2. The molecule has 0 unspecified atom stereocenters. The zero-order valence-corrected chi connectivity index (χ0v) is 14.8. The quantitative estimate of drug-likeness (QED) is 0.837. The highest BCUT2D eigenvalue weighted by molar-refractivity contribution is 6.18. The fourth-order valence-corrected chi connectivity index (χ4v) is 3.80. The minimum atomic E-state index is -0.297. The van der Waals surface area contributed by atoms with Gasteiger partial charge in [-0.25, -0.2) is 9.69 Å². The van der Waals surface area contributed by atoms with Gasteiger partial charge in [0.15, 0.2) is 0 Å². The molecule has 4 heteroatoms. The number of carbonyl (C=O) groups excluding carboxylic acids is 2. The largest absolute Gasteiger partial charge is 0.337 e. The van der Waals surface area contributed by atoms with Crippen molar-refractivity contribution in [2.45, 2.75) is 64.7 Å². The number of nitrogens with one attached hydrogen (secondary N) is 1. The number of nitrogens with zero attached hydrogens (tertiary/aromatic N) is 1. The molecule has 1 fully saturated rings. The molecule has 4 nitrogen and oxygen atoms in total. The van der Waals surface area contributed by atoms with E-state index in [4.69, 9.17) is 0 Å². The number of hydrogen-bond acceptors (Lipinski definition) is 2. The summed E-state index contributed by atoms with van der Waals surface area (Å²) in [6.45, 7) is 4.66. The van der Waals surface area contributed by atoms with Gasteiger partial charge in [-0.1, -0.05) is 51.7 Å². The Labute approximate surface area is 144 Å². The van der Waals surface area contributed by atoms with Crippen molar-refractivity contribution < 1.29 is 9.59 Å². The fraction of sp³-hybridized carbons (Fsp3) is 0.600. The van der Waals surface area contributed by atoms with Crippen molar-refractivity contribution >= 4 is 17.6 Å². The van der Waals surface area contributed by atoms with Crippen molar-refractivity contribution in [2.24, 2.45) is 5.92 Å². The van der Waals surface area contributed by atoms with Gasteiger partial charge >= 0.3 is 6.03 Å². The molecule has 3 amide bonds. The maximum atomic E-state index is 12.3. The van der Waals surface area contributed by atoms with Crippen LogP contribution >= 0.6 is 0 Å². The summed E-state index contributed by atoms with van der Waals surface area (Å²) >= 11 is 0. The monoisotopic (exact) mass is 328 g/mol. The summed E-state index contributed by atoms with van der Waals surface area (Å²) < 4.78 is 0. The summed E-state index contributed by atoms with van der Waals surface area (Å²) in [5.74, 6) is 0.852. The van der Waals surface area contributed by atoms with Crippen molar-refractivity contribution in [3.63, 3.8) is 0 Å². The predicted molar refractivity (Wildman–Crippen MR) is 96.3 cm³/mol. The van der Waals surface area contributed by atoms with Crippen LogP contribution in [0, 0.1) is 5.92 Å². The normalized spacial score (nSPS) is 18.6. The minimum Gasteiger partial charge on any atom is -0.337 e. The SMILES string of the molecule is CC(C)CNC(=O)N1C(=O)Cc2cc(C3CCCCCC3)ccc21. The maximum Gasteiger partial charge on any atom is 0.328 e. The molecule has 0 saturated heterocycles. The van der Waals surface area contributed by atoms with Crippen LogP contribution in [0.2, 0.25) is 0 Å². The lowest BCUT2D eigenvalue weighted by atomic mass is 9.90. The third-order valence-electron chi connectivity index (χ3n) is 5.13. The first-order valence-electron chi connectivity index (χ1n) is 9.30. The van der Waals surface area contributed by atoms with Gasteiger partial charge in [0.2, 0.25) is 5.91 Å². The van der Waals surface area contributed by atoms with Gasteiger partial charge in [0, 0.05) is 6.54 Å². The molecule has 0 aromatic heterocycles. The van der Waals surface area contributed by atoms with Gasteiger partial charge in [-0.05, 0) is 41.9 Å². The molecule has 1 saturated carbocycles. The lowest BCUT2D eigenvalue weighted by molar-refractivity contribution is -0.116. The second-order valence-electron chi connectivity index (χ2n) is 7.56. The highest BCUT2D eigenvalue weighted by Gasteiger charge is 2.33. The summed E-state index contributed by atoms with van der Waals surface area (Å²) in [4.78, 5) is 26.0. The van der Waals surface area contributed by atoms with Crippen LogP contribution in [0.25, 0.3) is 0 Å². The second-order valence-corrected chi connectivity index (χ2v) is 7.56. The Balaban J connectivity index is 1.77. The average molecular weight is 328 g/mol. The lowest BCUT2D eigenvalue weighted by Crippen LogP contribution is -2.43. The number of carbonyl (C=O) groups is 2. The van der Waals surface area contributed by atoms with E-state index in [0.717, 1.165) is 11.3 Å². The van der Waals surface area contributed by atoms with Crippen LogP contribution in [0.5, 0.6) is 0 Å². The number of hydrogen-bond donors (Lipinski definition) is 1. The minimum absolute atomic E-state index is 0.121. The summed E-state index contributed by atoms with van der Waals surface area (Å²) in [5, 5.41) is 2.85. The van der Waals surface area contributed by atoms with E-state index in [1.165, 1.54) is 49.0 Å². The van der Waals surface area contributed by atoms with Crippen LogP contribution in [-0.4, -0.2) is 18.5 Å². The van der Waals surface area contributed by atoms with E-state index in [9.17, 15) is 9.59 Å². The molecule has 0 atom stereocenters. The maximum absolute atomic E-state index is 12.3. The number of anilines is 1. The van der Waals surface area contributed by atoms with E-state index in [-0.39, 0.29) is 11.9 Å². The molecule has 1 aliphatic heterocycles. The average Bonchev–Trinajstić information content (AvgIpc) is 2.73. The first kappa shape index (κ1) is 17.0. The molecule has 1 aromatic rings. The predicted octanol–water partition coefficient (Wildman–Crippen LogP) is 4.38. The van der Waals surface area contributed by atoms with Gasteiger partial charge in [0.25, 0.3) is 0 Å². The molecule has 0 spiro atoms. The molecule has 1 heterocycles. The van der Waals surface area contributed by atoms with Crippen molar-refractivity contribution in [1.29, 1.82) is 0 Å². The number of rotatable bonds is 3. The van der Waals surface area contributed by atoms with E-state index in [1.54, 1.807) is 0 Å². The first-order valence-corrected chi connectivity index (χ1v) is 9.30. The van der Waals surface area contributed by atoms with Crippen molar-refractivity contribution in [1.82, 2.24) is 5.32 Å². The van der Waals surface area contributed by atoms with Crippen LogP contribution < -0.4 is 10.2 Å². The standard InChI is InChI=1S/C20H28N2O2/c1-14(2)13-21-20(24)22-18-10-9-16(11-17(18)12-19(22)23)15-7-5-3-4-6-8-15/h9-11,14-15H,3-8,12-13H2,1-2H3,(H,21,24). The van der Waals surface area contributed by atoms with Gasteiger partial charge in [-0.15, -0.1) is 0 Å². The second kappa shape index (κ2) is 7.37. The van der Waals surface area contributed by atoms with Crippen molar-refractivity contribution in [3.05, 3.63) is 29.3 Å². The number of fused-ring (bicyclic) bond motifs is 1. The van der Waals surface area contributed by atoms with Crippen molar-refractivity contribution in [2.75, 3.05) is 11.4 Å². The smallest absolute Gasteiger partial charge is 0.328 e. The Morgan fingerprint density at radius 1 is 1.21 bits per heavy atom. The molecule has 24 heavy (non-hydrogen) atoms. The van der Waals surface area contributed by atoms with Crippen molar-refractivity contribution in [3.8, 4) is 0 Å². The van der Waals surface area contributed by atoms with Gasteiger partial charge in [-0.2, -0.15) is 0 Å². The number of benzene rings is 1. The Hall–Kier alpha value is -1.84. The Morgan fingerprint density at radius 2 is 1.92 bits per heavy atom. The molecule has 0 radical (unpaired) electrons. The van der Waals surface area contributed by atoms with E-state index < -0.39 is 0 Å². The van der Waals surface area contributed by atoms with Crippen LogP contribution in [-0.2, 0) is 11.2 Å². The van der Waals surface area contributed by atoms with Gasteiger partial charge < -0.3 is 5.32 Å². The summed E-state index contributed by atoms with van der Waals surface area (Å²) in [6.07, 6.45) is 8.09. The molecule has 2 aliphatic rings. The van der Waals surface area contributed by atoms with Gasteiger partial charge in [0.05, 0.1) is 12.1 Å². The zero-order valence-electron chi connectivity index (χ0n) is 14.8. The zero-order chi connectivity index (χ0) is 17.1. The van der Waals surface area contributed by atoms with E-state index in [1.807, 2.05) is 19.9 Å². The van der Waals surface area contributed by atoms with Crippen LogP contribution in [0.3, 0.4) is 0 Å². The molecule has 1 aliphatic carbocycles. The third-order valence-corrected chi connectivity index (χ3v) is 5.13. The molecule has 3 rings (SSSR count). The van der Waals surface area contributed by atoms with E-state index >= 15 is 0 Å². The molecule has 1 N–H and O–H groups in total. The Morgan fingerprint density at radius 3 is 2.58 bits per heavy atom. The first-order chi connectivity index (χ1) is 11.6. The van der Waals surface area contributed by atoms with E-state index in [0.29, 0.717) is 24.8 Å². The number of imide groups is 1. The molecule has 1 aromatic carbocycles. The highest BCUT2D eigenvalue weighted by Crippen LogP contribution is 2.36. The van der Waals surface area contributed by atoms with Crippen LogP contribution in [0.1, 0.15) is 69.4 Å². The van der Waals surface area contributed by atoms with Gasteiger partial charge in [0.1, 0.15) is 0 Å². The van der Waals surface area contributed by atoms with Crippen LogP contribution in [0.15, 0.2) is 18.2 Å². The molecule has 0 bridgehead atoms. The molecular weight excluding hydrogens is 300 g/mol. The fourth-order valence-electron chi connectivity index (χ4n) is 3.80. The Kier molecular flexibility index (Phi) is 5.22. The van der Waals surface area contributed by atoms with Crippen LogP contribution in [0.4, 0.5) is 10.5 Å². The lowest BCUT2D eigenvalue weighted by Gasteiger charge is -2.19. The third kappa shape index (κ3) is 3.63. The topological polar surface area (TPSA) is 49.4 Å². The van der Waals surface area contributed by atoms with E-state index in [2.05, 4.69) is 17.4 Å². The molecule has 130 valence electrons. The summed E-state index contributed by atoms with van der Waals surface area (Å²) in [5.41, 5.74) is 3.10. The van der Waals surface area contributed by atoms with Gasteiger partial charge in [-0.3, -0.25) is 4.79 Å². The number of urea groups is 1. The summed E-state index contributed by atoms with van der Waals surface area (Å²) in [6, 6.07) is 5.96. The molecular formula is C20H28N2O2.